The van der Waals surface area contributed by atoms with Gasteiger partial charge in [-0.25, -0.2) is 0 Å². The van der Waals surface area contributed by atoms with Crippen molar-refractivity contribution in [1.82, 2.24) is 0 Å². The van der Waals surface area contributed by atoms with Crippen molar-refractivity contribution < 1.29 is 40.2 Å². The van der Waals surface area contributed by atoms with Gasteiger partial charge in [-0.05, 0) is 12.8 Å². The number of rotatable bonds is 11. The normalized spacial score (nSPS) is 10.8. The molecule has 0 aliphatic carbocycles. The molecule has 0 atom stereocenters. The zero-order valence-electron chi connectivity index (χ0n) is 25.5. The van der Waals surface area contributed by atoms with Gasteiger partial charge in [-0.3, -0.25) is 9.59 Å². The molecule has 0 N–H and O–H groups in total. The second-order valence-electron chi connectivity index (χ2n) is 11.4. The first-order chi connectivity index (χ1) is 15.4. The van der Waals surface area contributed by atoms with Gasteiger partial charge in [0, 0.05) is 35.7 Å². The molecule has 0 amide bonds. The summed E-state index contributed by atoms with van der Waals surface area (Å²) in [6.45, 7) is 31.6. The summed E-state index contributed by atoms with van der Waals surface area (Å²) in [5.74, 6) is 0.898. The van der Waals surface area contributed by atoms with Crippen molar-refractivity contribution in [2.45, 2.75) is 134 Å². The van der Waals surface area contributed by atoms with Gasteiger partial charge < -0.3 is 23.4 Å². The fourth-order valence-corrected chi connectivity index (χ4v) is 2.25. The molecule has 35 heavy (non-hydrogen) atoms. The molecule has 4 nitrogen and oxygen atoms in total. The van der Waals surface area contributed by atoms with E-state index in [0.717, 1.165) is 25.9 Å². The quantitative estimate of drug-likeness (QED) is 0.163. The SMILES string of the molecule is CCCCCCC(=O)C(C)(C)C.CCCOCCC(=O)C(C)(C)C.[CH2-]C.[CH2-]CC(=O)C(C)(C)C.[W+2]. The Labute approximate surface area is 234 Å². The zero-order chi connectivity index (χ0) is 28.0. The maximum absolute atomic E-state index is 11.4. The molecule has 0 spiro atoms. The Hall–Kier alpha value is -0.342. The van der Waals surface area contributed by atoms with E-state index >= 15 is 0 Å². The molecule has 0 saturated heterocycles. The van der Waals surface area contributed by atoms with Crippen LogP contribution < -0.4 is 0 Å². The molecule has 0 bridgehead atoms. The van der Waals surface area contributed by atoms with Crippen molar-refractivity contribution in [2.75, 3.05) is 13.2 Å². The summed E-state index contributed by atoms with van der Waals surface area (Å²) < 4.78 is 5.23. The molecule has 210 valence electrons. The minimum atomic E-state index is -0.213. The zero-order valence-corrected chi connectivity index (χ0v) is 28.5. The minimum absolute atomic E-state index is 0. The van der Waals surface area contributed by atoms with Crippen LogP contribution in [0.15, 0.2) is 0 Å². The van der Waals surface area contributed by atoms with Crippen LogP contribution in [0.5, 0.6) is 0 Å². The van der Waals surface area contributed by atoms with E-state index in [1.807, 2.05) is 62.3 Å². The molecule has 0 aromatic heterocycles. The van der Waals surface area contributed by atoms with Crippen LogP contribution in [0.1, 0.15) is 134 Å². The molecule has 0 radical (unpaired) electrons. The number of carbonyl (C=O) groups is 3. The smallest absolute Gasteiger partial charge is 0.381 e. The number of Topliss-reactive ketones (excluding diaryl/α,β-unsaturated/α-hetero) is 3. The summed E-state index contributed by atoms with van der Waals surface area (Å²) in [5, 5.41) is 0. The Balaban J connectivity index is -0.000000125. The van der Waals surface area contributed by atoms with Crippen molar-refractivity contribution in [2.24, 2.45) is 16.2 Å². The summed E-state index contributed by atoms with van der Waals surface area (Å²) in [4.78, 5) is 33.5. The second-order valence-corrected chi connectivity index (χ2v) is 11.4. The van der Waals surface area contributed by atoms with Crippen molar-refractivity contribution in [3.05, 3.63) is 13.8 Å². The Morgan fingerprint density at radius 2 is 1.00 bits per heavy atom. The Morgan fingerprint density at radius 3 is 1.29 bits per heavy atom. The Kier molecular flexibility index (Phi) is 32.3. The Morgan fingerprint density at radius 1 is 0.600 bits per heavy atom. The molecular weight excluding hydrogens is 608 g/mol. The number of ether oxygens (including phenoxy) is 1. The predicted octanol–water partition coefficient (Wildman–Crippen LogP) is 8.65. The van der Waals surface area contributed by atoms with Crippen molar-refractivity contribution >= 4 is 17.3 Å². The predicted molar refractivity (Wildman–Crippen MR) is 149 cm³/mol. The third-order valence-electron chi connectivity index (χ3n) is 4.82. The van der Waals surface area contributed by atoms with Crippen molar-refractivity contribution in [1.29, 1.82) is 0 Å². The van der Waals surface area contributed by atoms with Gasteiger partial charge in [-0.2, -0.15) is 6.92 Å². The molecule has 0 aromatic carbocycles. The van der Waals surface area contributed by atoms with E-state index in [1.165, 1.54) is 19.3 Å². The van der Waals surface area contributed by atoms with Gasteiger partial charge in [-0.1, -0.05) is 95.4 Å². The first kappa shape index (κ1) is 44.6. The van der Waals surface area contributed by atoms with Gasteiger partial charge in [0.2, 0.25) is 0 Å². The molecule has 0 aliphatic heterocycles. The first-order valence-electron chi connectivity index (χ1n) is 13.1. The van der Waals surface area contributed by atoms with Crippen molar-refractivity contribution in [3.63, 3.8) is 0 Å². The number of ketones is 3. The average molecular weight is 669 g/mol. The van der Waals surface area contributed by atoms with Crippen LogP contribution in [0.25, 0.3) is 0 Å². The molecular formula is C30H60O4W. The summed E-state index contributed by atoms with van der Waals surface area (Å²) in [7, 11) is 0. The van der Waals surface area contributed by atoms with E-state index in [-0.39, 0.29) is 48.9 Å². The van der Waals surface area contributed by atoms with Crippen LogP contribution >= 0.6 is 0 Å². The monoisotopic (exact) mass is 668 g/mol. The maximum Gasteiger partial charge on any atom is 2.00 e. The maximum atomic E-state index is 11.4. The first-order valence-corrected chi connectivity index (χ1v) is 13.1. The van der Waals surface area contributed by atoms with Gasteiger partial charge in [0.1, 0.15) is 17.3 Å². The van der Waals surface area contributed by atoms with Crippen molar-refractivity contribution in [3.8, 4) is 0 Å². The van der Waals surface area contributed by atoms with Crippen LogP contribution in [-0.4, -0.2) is 30.6 Å². The number of hydrogen-bond donors (Lipinski definition) is 0. The fraction of sp³-hybridized carbons (Fsp3) is 0.833. The second kappa shape index (κ2) is 25.3. The van der Waals surface area contributed by atoms with E-state index < -0.39 is 0 Å². The molecule has 0 unspecified atom stereocenters. The van der Waals surface area contributed by atoms with E-state index in [4.69, 9.17) is 4.74 Å². The van der Waals surface area contributed by atoms with Crippen LogP contribution in [0.4, 0.5) is 0 Å². The van der Waals surface area contributed by atoms with Crippen LogP contribution in [0, 0.1) is 30.1 Å². The molecule has 0 saturated carbocycles. The molecule has 0 aromatic rings. The third-order valence-corrected chi connectivity index (χ3v) is 4.82. The van der Waals surface area contributed by atoms with Gasteiger partial charge in [0.25, 0.3) is 0 Å². The Bertz CT molecular complexity index is 472. The summed E-state index contributed by atoms with van der Waals surface area (Å²) in [6, 6.07) is 0. The molecule has 0 rings (SSSR count). The third kappa shape index (κ3) is 33.7. The molecule has 5 heteroatoms. The number of hydrogen-bond acceptors (Lipinski definition) is 4. The topological polar surface area (TPSA) is 60.4 Å². The van der Waals surface area contributed by atoms with Crippen LogP contribution in [0.3, 0.4) is 0 Å². The number of unbranched alkanes of at least 4 members (excludes halogenated alkanes) is 3. The molecule has 0 fully saturated rings. The standard InChI is InChI=1S/C11H22O.C10H20O2.C7H13O.C2H5.W/c1-5-6-7-8-9-10(12)11(2,3)4;1-5-7-12-8-6-9(11)10(2,3)4;1-5-6(8)7(2,3)4;1-2;/h5-9H2,1-4H3;5-8H2,1-4H3;1,5H2,2-4H3;1H2,2H3;/q;;2*-1;+2. The van der Waals surface area contributed by atoms with Gasteiger partial charge in [0.15, 0.2) is 0 Å². The molecule has 0 heterocycles. The summed E-state index contributed by atoms with van der Waals surface area (Å²) in [6.07, 6.45) is 7.52. The summed E-state index contributed by atoms with van der Waals surface area (Å²) in [5.41, 5.74) is -0.538. The van der Waals surface area contributed by atoms with E-state index in [2.05, 4.69) is 27.7 Å². The fourth-order valence-electron chi connectivity index (χ4n) is 2.25. The van der Waals surface area contributed by atoms with Crippen LogP contribution in [0.2, 0.25) is 0 Å². The van der Waals surface area contributed by atoms with E-state index in [0.29, 0.717) is 25.2 Å². The van der Waals surface area contributed by atoms with E-state index in [9.17, 15) is 14.4 Å². The molecule has 0 aliphatic rings. The summed E-state index contributed by atoms with van der Waals surface area (Å²) >= 11 is 0. The van der Waals surface area contributed by atoms with Gasteiger partial charge in [0.05, 0.1) is 6.61 Å². The number of carbonyl (C=O) groups excluding carboxylic acids is 3. The largest absolute Gasteiger partial charge is 2.00 e. The van der Waals surface area contributed by atoms with Crippen LogP contribution in [-0.2, 0) is 40.2 Å². The van der Waals surface area contributed by atoms with E-state index in [1.54, 1.807) is 6.92 Å². The minimum Gasteiger partial charge on any atom is -0.381 e. The average Bonchev–Trinajstić information content (AvgIpc) is 2.73. The van der Waals surface area contributed by atoms with Gasteiger partial charge in [-0.15, -0.1) is 6.42 Å². The van der Waals surface area contributed by atoms with Gasteiger partial charge >= 0.3 is 21.1 Å².